The Labute approximate surface area is 135 Å². The van der Waals surface area contributed by atoms with E-state index in [0.717, 1.165) is 0 Å². The topological polar surface area (TPSA) is 93.7 Å². The average molecular weight is 322 g/mol. The fourth-order valence-corrected chi connectivity index (χ4v) is 2.13. The van der Waals surface area contributed by atoms with E-state index in [9.17, 15) is 9.59 Å². The third-order valence-corrected chi connectivity index (χ3v) is 3.18. The molecule has 1 aliphatic rings. The maximum Gasteiger partial charge on any atom is 0.415 e. The monoisotopic (exact) mass is 322 g/mol. The molecule has 8 heteroatoms. The number of amides is 2. The molecule has 0 saturated carbocycles. The number of ether oxygens (including phenoxy) is 2. The number of cyclic esters (lactones) is 1. The quantitative estimate of drug-likeness (QED) is 0.919. The summed E-state index contributed by atoms with van der Waals surface area (Å²) in [5.41, 5.74) is -0.622. The lowest BCUT2D eigenvalue weighted by molar-refractivity contribution is 0.0634. The highest BCUT2D eigenvalue weighted by Crippen LogP contribution is 2.25. The van der Waals surface area contributed by atoms with Crippen LogP contribution < -0.4 is 10.2 Å². The summed E-state index contributed by atoms with van der Waals surface area (Å²) in [5, 5.41) is 2.46. The fraction of sp³-hybridized carbons (Fsp3) is 0.600. The number of rotatable bonds is 3. The Morgan fingerprint density at radius 2 is 2.17 bits per heavy atom. The molecule has 1 aliphatic heterocycles. The van der Waals surface area contributed by atoms with Gasteiger partial charge in [0, 0.05) is 6.20 Å². The number of hydrogen-bond acceptors (Lipinski definition) is 6. The van der Waals surface area contributed by atoms with Crippen molar-refractivity contribution in [1.29, 1.82) is 0 Å². The summed E-state index contributed by atoms with van der Waals surface area (Å²) >= 11 is 0. The van der Waals surface area contributed by atoms with Crippen molar-refractivity contribution in [2.75, 3.05) is 16.8 Å². The van der Waals surface area contributed by atoms with E-state index in [0.29, 0.717) is 12.4 Å². The van der Waals surface area contributed by atoms with Gasteiger partial charge in [0.2, 0.25) is 5.95 Å². The molecule has 1 atom stereocenters. The lowest BCUT2D eigenvalue weighted by atomic mass is 10.0. The number of hydrogen-bond donors (Lipinski definition) is 1. The Morgan fingerprint density at radius 3 is 2.78 bits per heavy atom. The Kier molecular flexibility index (Phi) is 4.72. The van der Waals surface area contributed by atoms with Gasteiger partial charge in [-0.2, -0.15) is 4.98 Å². The van der Waals surface area contributed by atoms with E-state index in [4.69, 9.17) is 9.47 Å². The molecule has 23 heavy (non-hydrogen) atoms. The summed E-state index contributed by atoms with van der Waals surface area (Å²) in [6.07, 6.45) is 0.363. The van der Waals surface area contributed by atoms with Gasteiger partial charge in [0.1, 0.15) is 18.0 Å². The normalized spacial score (nSPS) is 18.1. The molecule has 1 saturated heterocycles. The minimum absolute atomic E-state index is 0.0685. The number of aromatic nitrogens is 2. The van der Waals surface area contributed by atoms with Crippen LogP contribution in [0.1, 0.15) is 34.6 Å². The Bertz CT molecular complexity index is 597. The molecule has 2 heterocycles. The highest BCUT2D eigenvalue weighted by atomic mass is 16.6. The van der Waals surface area contributed by atoms with Gasteiger partial charge < -0.3 is 9.47 Å². The Balaban J connectivity index is 2.16. The van der Waals surface area contributed by atoms with Crippen molar-refractivity contribution in [3.05, 3.63) is 12.3 Å². The van der Waals surface area contributed by atoms with E-state index < -0.39 is 17.8 Å². The van der Waals surface area contributed by atoms with Gasteiger partial charge in [-0.15, -0.1) is 0 Å². The highest BCUT2D eigenvalue weighted by Gasteiger charge is 2.37. The third kappa shape index (κ3) is 4.30. The largest absolute Gasteiger partial charge is 0.447 e. The van der Waals surface area contributed by atoms with Gasteiger partial charge in [-0.1, -0.05) is 13.8 Å². The zero-order chi connectivity index (χ0) is 17.2. The number of anilines is 2. The first-order chi connectivity index (χ1) is 10.7. The highest BCUT2D eigenvalue weighted by molar-refractivity contribution is 5.89. The first-order valence-corrected chi connectivity index (χ1v) is 7.46. The second kappa shape index (κ2) is 6.39. The number of carbonyl (C=O) groups excluding carboxylic acids is 2. The molecule has 0 bridgehead atoms. The zero-order valence-electron chi connectivity index (χ0n) is 14.0. The third-order valence-electron chi connectivity index (χ3n) is 3.18. The standard InChI is InChI=1S/C15H22N4O4/c1-9(2)10-8-22-14(21)19(10)11-6-7-16-12(17-11)18-13(20)23-15(3,4)5/h6-7,9-10H,8H2,1-5H3,(H,16,17,18,20)/t10-/m1/s1. The molecular weight excluding hydrogens is 300 g/mol. The molecule has 126 valence electrons. The predicted octanol–water partition coefficient (Wildman–Crippen LogP) is 2.80. The second-order valence-corrected chi connectivity index (χ2v) is 6.62. The van der Waals surface area contributed by atoms with Crippen LogP contribution in [0.25, 0.3) is 0 Å². The maximum atomic E-state index is 11.9. The fourth-order valence-electron chi connectivity index (χ4n) is 2.13. The average Bonchev–Trinajstić information content (AvgIpc) is 2.78. The summed E-state index contributed by atoms with van der Waals surface area (Å²) < 4.78 is 10.2. The molecule has 2 rings (SSSR count). The molecule has 0 aliphatic carbocycles. The summed E-state index contributed by atoms with van der Waals surface area (Å²) in [5.74, 6) is 0.657. The van der Waals surface area contributed by atoms with Crippen molar-refractivity contribution < 1.29 is 19.1 Å². The van der Waals surface area contributed by atoms with E-state index in [1.54, 1.807) is 26.8 Å². The lowest BCUT2D eigenvalue weighted by Gasteiger charge is -2.23. The van der Waals surface area contributed by atoms with E-state index in [1.807, 2.05) is 13.8 Å². The van der Waals surface area contributed by atoms with Gasteiger partial charge in [0.25, 0.3) is 0 Å². The van der Waals surface area contributed by atoms with Crippen molar-refractivity contribution in [1.82, 2.24) is 9.97 Å². The molecule has 0 spiro atoms. The van der Waals surface area contributed by atoms with Crippen molar-refractivity contribution in [2.24, 2.45) is 5.92 Å². The molecule has 0 aromatic carbocycles. The van der Waals surface area contributed by atoms with Gasteiger partial charge in [-0.05, 0) is 32.8 Å². The molecular formula is C15H22N4O4. The van der Waals surface area contributed by atoms with Crippen LogP contribution >= 0.6 is 0 Å². The van der Waals surface area contributed by atoms with Crippen LogP contribution in [0, 0.1) is 5.92 Å². The van der Waals surface area contributed by atoms with Gasteiger partial charge in [-0.3, -0.25) is 10.2 Å². The van der Waals surface area contributed by atoms with Gasteiger partial charge >= 0.3 is 12.2 Å². The van der Waals surface area contributed by atoms with Crippen molar-refractivity contribution >= 4 is 24.0 Å². The van der Waals surface area contributed by atoms with E-state index >= 15 is 0 Å². The SMILES string of the molecule is CC(C)[C@H]1COC(=O)N1c1ccnc(NC(=O)OC(C)(C)C)n1. The Hall–Kier alpha value is -2.38. The number of nitrogens with one attached hydrogen (secondary N) is 1. The van der Waals surface area contributed by atoms with Crippen LogP contribution in [0.3, 0.4) is 0 Å². The molecule has 1 aromatic rings. The van der Waals surface area contributed by atoms with Gasteiger partial charge in [0.15, 0.2) is 0 Å². The molecule has 1 N–H and O–H groups in total. The molecule has 1 fully saturated rings. The molecule has 0 unspecified atom stereocenters. The number of nitrogens with zero attached hydrogens (tertiary/aromatic N) is 3. The zero-order valence-corrected chi connectivity index (χ0v) is 14.0. The predicted molar refractivity (Wildman–Crippen MR) is 84.3 cm³/mol. The van der Waals surface area contributed by atoms with Gasteiger partial charge in [-0.25, -0.2) is 14.6 Å². The van der Waals surface area contributed by atoms with Crippen molar-refractivity contribution in [2.45, 2.75) is 46.3 Å². The smallest absolute Gasteiger partial charge is 0.415 e. The molecule has 1 aromatic heterocycles. The molecule has 0 radical (unpaired) electrons. The van der Waals surface area contributed by atoms with Crippen LogP contribution in [0.2, 0.25) is 0 Å². The summed E-state index contributed by atoms with van der Waals surface area (Å²) in [7, 11) is 0. The molecule has 2 amide bonds. The minimum atomic E-state index is -0.654. The molecule has 8 nitrogen and oxygen atoms in total. The second-order valence-electron chi connectivity index (χ2n) is 6.62. The van der Waals surface area contributed by atoms with Crippen LogP contribution in [0.15, 0.2) is 12.3 Å². The summed E-state index contributed by atoms with van der Waals surface area (Å²) in [6.45, 7) is 9.60. The summed E-state index contributed by atoms with van der Waals surface area (Å²) in [4.78, 5) is 33.4. The van der Waals surface area contributed by atoms with Crippen LogP contribution in [0.4, 0.5) is 21.4 Å². The van der Waals surface area contributed by atoms with Crippen LogP contribution in [0.5, 0.6) is 0 Å². The minimum Gasteiger partial charge on any atom is -0.447 e. The first-order valence-electron chi connectivity index (χ1n) is 7.46. The van der Waals surface area contributed by atoms with E-state index in [1.165, 1.54) is 11.1 Å². The van der Waals surface area contributed by atoms with E-state index in [2.05, 4.69) is 15.3 Å². The van der Waals surface area contributed by atoms with Crippen LogP contribution in [-0.4, -0.2) is 40.4 Å². The maximum absolute atomic E-state index is 11.9. The van der Waals surface area contributed by atoms with E-state index in [-0.39, 0.29) is 17.9 Å². The first kappa shape index (κ1) is 17.0. The lowest BCUT2D eigenvalue weighted by Crippen LogP contribution is -2.38. The van der Waals surface area contributed by atoms with Crippen LogP contribution in [-0.2, 0) is 9.47 Å². The number of carbonyl (C=O) groups is 2. The van der Waals surface area contributed by atoms with Gasteiger partial charge in [0.05, 0.1) is 6.04 Å². The van der Waals surface area contributed by atoms with Crippen molar-refractivity contribution in [3.63, 3.8) is 0 Å². The summed E-state index contributed by atoms with van der Waals surface area (Å²) in [6, 6.07) is 1.49. The van der Waals surface area contributed by atoms with Crippen molar-refractivity contribution in [3.8, 4) is 0 Å². The Morgan fingerprint density at radius 1 is 1.48 bits per heavy atom.